The van der Waals surface area contributed by atoms with Crippen LogP contribution in [-0.4, -0.2) is 36.9 Å². The van der Waals surface area contributed by atoms with Crippen molar-refractivity contribution in [1.29, 1.82) is 0 Å². The smallest absolute Gasteiger partial charge is 0.226 e. The average Bonchev–Trinajstić information content (AvgIpc) is 2.82. The van der Waals surface area contributed by atoms with Crippen LogP contribution in [0.2, 0.25) is 0 Å². The zero-order chi connectivity index (χ0) is 15.2. The van der Waals surface area contributed by atoms with Gasteiger partial charge in [-0.3, -0.25) is 4.79 Å². The Morgan fingerprint density at radius 3 is 2.50 bits per heavy atom. The maximum atomic E-state index is 12.6. The van der Waals surface area contributed by atoms with Gasteiger partial charge in [0.1, 0.15) is 0 Å². The minimum Gasteiger partial charge on any atom is -0.388 e. The van der Waals surface area contributed by atoms with Crippen LogP contribution in [0.1, 0.15) is 59.3 Å². The SMILES string of the molecule is COCCC(C)(O)CNC(=O)C1(CC(C)C)CCCC1. The molecule has 0 radical (unpaired) electrons. The fourth-order valence-electron chi connectivity index (χ4n) is 3.23. The summed E-state index contributed by atoms with van der Waals surface area (Å²) in [7, 11) is 1.62. The number of amides is 1. The minimum absolute atomic E-state index is 0.126. The monoisotopic (exact) mass is 285 g/mol. The van der Waals surface area contributed by atoms with Crippen molar-refractivity contribution in [2.45, 2.75) is 64.9 Å². The molecule has 1 aliphatic rings. The Morgan fingerprint density at radius 2 is 2.00 bits per heavy atom. The van der Waals surface area contributed by atoms with Gasteiger partial charge >= 0.3 is 0 Å². The highest BCUT2D eigenvalue weighted by Gasteiger charge is 2.41. The second-order valence-corrected chi connectivity index (χ2v) is 7.01. The summed E-state index contributed by atoms with van der Waals surface area (Å²) in [6, 6.07) is 0. The Labute approximate surface area is 123 Å². The van der Waals surface area contributed by atoms with Gasteiger partial charge in [0.2, 0.25) is 5.91 Å². The number of nitrogens with one attached hydrogen (secondary N) is 1. The molecule has 1 rings (SSSR count). The van der Waals surface area contributed by atoms with Gasteiger partial charge in [-0.1, -0.05) is 26.7 Å². The first-order valence-corrected chi connectivity index (χ1v) is 7.81. The molecule has 1 aliphatic carbocycles. The topological polar surface area (TPSA) is 58.6 Å². The lowest BCUT2D eigenvalue weighted by Gasteiger charge is -2.31. The number of ether oxygens (including phenoxy) is 1. The summed E-state index contributed by atoms with van der Waals surface area (Å²) in [6.07, 6.45) is 5.72. The number of rotatable bonds is 8. The maximum absolute atomic E-state index is 12.6. The molecule has 4 nitrogen and oxygen atoms in total. The Morgan fingerprint density at radius 1 is 1.40 bits per heavy atom. The molecule has 0 aromatic heterocycles. The fourth-order valence-corrected chi connectivity index (χ4v) is 3.23. The lowest BCUT2D eigenvalue weighted by atomic mass is 9.77. The van der Waals surface area contributed by atoms with Crippen LogP contribution in [-0.2, 0) is 9.53 Å². The van der Waals surface area contributed by atoms with E-state index in [1.807, 2.05) is 0 Å². The molecule has 1 fully saturated rings. The van der Waals surface area contributed by atoms with Crippen LogP contribution >= 0.6 is 0 Å². The van der Waals surface area contributed by atoms with E-state index < -0.39 is 5.60 Å². The van der Waals surface area contributed by atoms with E-state index in [1.165, 1.54) is 0 Å². The Hall–Kier alpha value is -0.610. The second-order valence-electron chi connectivity index (χ2n) is 7.01. The molecule has 20 heavy (non-hydrogen) atoms. The quantitative estimate of drug-likeness (QED) is 0.720. The van der Waals surface area contributed by atoms with Crippen molar-refractivity contribution in [2.75, 3.05) is 20.3 Å². The molecular formula is C16H31NO3. The first-order chi connectivity index (χ1) is 9.31. The summed E-state index contributed by atoms with van der Waals surface area (Å²) < 4.78 is 4.98. The molecule has 0 aromatic carbocycles. The highest BCUT2D eigenvalue weighted by Crippen LogP contribution is 2.43. The second kappa shape index (κ2) is 7.41. The summed E-state index contributed by atoms with van der Waals surface area (Å²) in [5, 5.41) is 13.2. The summed E-state index contributed by atoms with van der Waals surface area (Å²) in [4.78, 5) is 12.6. The van der Waals surface area contributed by atoms with Crippen molar-refractivity contribution in [3.63, 3.8) is 0 Å². The number of carbonyl (C=O) groups excluding carboxylic acids is 1. The van der Waals surface area contributed by atoms with Gasteiger partial charge in [-0.15, -0.1) is 0 Å². The van der Waals surface area contributed by atoms with Gasteiger partial charge in [0.15, 0.2) is 0 Å². The number of aliphatic hydroxyl groups is 1. The standard InChI is InChI=1S/C16H31NO3/c1-13(2)11-16(7-5-6-8-16)14(18)17-12-15(3,19)9-10-20-4/h13,19H,5-12H2,1-4H3,(H,17,18). The fraction of sp³-hybridized carbons (Fsp3) is 0.938. The van der Waals surface area contributed by atoms with Crippen molar-refractivity contribution in [3.8, 4) is 0 Å². The maximum Gasteiger partial charge on any atom is 0.226 e. The average molecular weight is 285 g/mol. The molecule has 0 spiro atoms. The highest BCUT2D eigenvalue weighted by atomic mass is 16.5. The lowest BCUT2D eigenvalue weighted by Crippen LogP contribution is -2.47. The molecule has 1 amide bonds. The van der Waals surface area contributed by atoms with Crippen LogP contribution in [0, 0.1) is 11.3 Å². The third-order valence-electron chi connectivity index (χ3n) is 4.32. The van der Waals surface area contributed by atoms with Crippen LogP contribution in [0.25, 0.3) is 0 Å². The van der Waals surface area contributed by atoms with Crippen LogP contribution < -0.4 is 5.32 Å². The Bertz CT molecular complexity index is 307. The highest BCUT2D eigenvalue weighted by molar-refractivity contribution is 5.83. The number of hydrogen-bond donors (Lipinski definition) is 2. The van der Waals surface area contributed by atoms with Crippen molar-refractivity contribution in [3.05, 3.63) is 0 Å². The summed E-state index contributed by atoms with van der Waals surface area (Å²) >= 11 is 0. The molecule has 1 saturated carbocycles. The van der Waals surface area contributed by atoms with E-state index in [4.69, 9.17) is 4.74 Å². The molecule has 0 heterocycles. The summed E-state index contributed by atoms with van der Waals surface area (Å²) in [6.45, 7) is 6.88. The third kappa shape index (κ3) is 5.06. The first-order valence-electron chi connectivity index (χ1n) is 7.81. The zero-order valence-electron chi connectivity index (χ0n) is 13.5. The molecule has 0 aliphatic heterocycles. The minimum atomic E-state index is -0.900. The van der Waals surface area contributed by atoms with Crippen molar-refractivity contribution < 1.29 is 14.6 Å². The Balaban J connectivity index is 2.55. The van der Waals surface area contributed by atoms with Gasteiger partial charge in [0.05, 0.1) is 5.60 Å². The molecular weight excluding hydrogens is 254 g/mol. The van der Waals surface area contributed by atoms with E-state index in [9.17, 15) is 9.90 Å². The normalized spacial score (nSPS) is 20.9. The summed E-state index contributed by atoms with van der Waals surface area (Å²) in [5.41, 5.74) is -1.10. The van der Waals surface area contributed by atoms with Crippen molar-refractivity contribution in [1.82, 2.24) is 5.32 Å². The predicted octanol–water partition coefficient (Wildman–Crippen LogP) is 2.50. The molecule has 0 bridgehead atoms. The summed E-state index contributed by atoms with van der Waals surface area (Å²) in [5.74, 6) is 0.647. The molecule has 1 unspecified atom stereocenters. The van der Waals surface area contributed by atoms with Gasteiger partial charge in [-0.05, 0) is 32.1 Å². The van der Waals surface area contributed by atoms with E-state index in [2.05, 4.69) is 19.2 Å². The predicted molar refractivity (Wildman–Crippen MR) is 80.5 cm³/mol. The third-order valence-corrected chi connectivity index (χ3v) is 4.32. The van der Waals surface area contributed by atoms with E-state index in [0.717, 1.165) is 32.1 Å². The van der Waals surface area contributed by atoms with Crippen molar-refractivity contribution in [2.24, 2.45) is 11.3 Å². The molecule has 0 aromatic rings. The lowest BCUT2D eigenvalue weighted by molar-refractivity contribution is -0.133. The van der Waals surface area contributed by atoms with Crippen LogP contribution in [0.3, 0.4) is 0 Å². The van der Waals surface area contributed by atoms with Crippen LogP contribution in [0.5, 0.6) is 0 Å². The molecule has 0 saturated heterocycles. The van der Waals surface area contributed by atoms with Crippen LogP contribution in [0.15, 0.2) is 0 Å². The van der Waals surface area contributed by atoms with Gasteiger partial charge in [-0.25, -0.2) is 0 Å². The molecule has 1 atom stereocenters. The van der Waals surface area contributed by atoms with Crippen molar-refractivity contribution >= 4 is 5.91 Å². The van der Waals surface area contributed by atoms with Gasteiger partial charge < -0.3 is 15.2 Å². The van der Waals surface area contributed by atoms with E-state index >= 15 is 0 Å². The van der Waals surface area contributed by atoms with E-state index in [-0.39, 0.29) is 11.3 Å². The van der Waals surface area contributed by atoms with Crippen LogP contribution in [0.4, 0.5) is 0 Å². The van der Waals surface area contributed by atoms with Gasteiger partial charge in [-0.2, -0.15) is 0 Å². The van der Waals surface area contributed by atoms with Gasteiger partial charge in [0, 0.05) is 32.1 Å². The zero-order valence-corrected chi connectivity index (χ0v) is 13.5. The molecule has 118 valence electrons. The Kier molecular flexibility index (Phi) is 6.46. The van der Waals surface area contributed by atoms with E-state index in [1.54, 1.807) is 14.0 Å². The van der Waals surface area contributed by atoms with E-state index in [0.29, 0.717) is 25.5 Å². The van der Waals surface area contributed by atoms with Gasteiger partial charge in [0.25, 0.3) is 0 Å². The number of carbonyl (C=O) groups is 1. The molecule has 2 N–H and O–H groups in total. The first kappa shape index (κ1) is 17.4. The number of hydrogen-bond acceptors (Lipinski definition) is 3. The number of methoxy groups -OCH3 is 1. The largest absolute Gasteiger partial charge is 0.388 e. The molecule has 4 heteroatoms.